The van der Waals surface area contributed by atoms with Crippen molar-refractivity contribution < 1.29 is 42.9 Å². The predicted molar refractivity (Wildman–Crippen MR) is 124 cm³/mol. The average Bonchev–Trinajstić information content (AvgIpc) is 3.35. The van der Waals surface area contributed by atoms with E-state index in [1.54, 1.807) is 31.6 Å². The molecule has 0 saturated carbocycles. The van der Waals surface area contributed by atoms with Gasteiger partial charge in [0.05, 0.1) is 19.3 Å². The fourth-order valence-electron chi connectivity index (χ4n) is 3.92. The van der Waals surface area contributed by atoms with Crippen LogP contribution >= 0.6 is 0 Å². The van der Waals surface area contributed by atoms with Gasteiger partial charge in [0.2, 0.25) is 5.76 Å². The number of hydrogen-bond donors (Lipinski definition) is 0. The SMILES string of the molecule is COC(=O)C1=C[C@H](n2cc(-c3cccnc3)nn2)[C@@H](C)[C@H]([C@H](OC(C)=O)[C@@H](COC(C)=O)OC(C)=O)O1. The van der Waals surface area contributed by atoms with Crippen molar-refractivity contribution in [3.8, 4) is 11.3 Å². The smallest absolute Gasteiger partial charge is 0.373 e. The van der Waals surface area contributed by atoms with Crippen LogP contribution < -0.4 is 0 Å². The lowest BCUT2D eigenvalue weighted by atomic mass is 9.87. The zero-order valence-corrected chi connectivity index (χ0v) is 21.0. The fourth-order valence-corrected chi connectivity index (χ4v) is 3.92. The first kappa shape index (κ1) is 27.3. The topological polar surface area (TPSA) is 158 Å². The maximum Gasteiger partial charge on any atom is 0.373 e. The summed E-state index contributed by atoms with van der Waals surface area (Å²) in [7, 11) is 1.19. The minimum Gasteiger partial charge on any atom is -0.479 e. The lowest BCUT2D eigenvalue weighted by Crippen LogP contribution is -2.52. The molecular weight excluding hydrogens is 488 g/mol. The van der Waals surface area contributed by atoms with Crippen LogP contribution in [0.5, 0.6) is 0 Å². The molecule has 2 aromatic heterocycles. The van der Waals surface area contributed by atoms with Gasteiger partial charge in [-0.1, -0.05) is 12.1 Å². The summed E-state index contributed by atoms with van der Waals surface area (Å²) in [6.45, 7) is 4.89. The van der Waals surface area contributed by atoms with Crippen LogP contribution in [0, 0.1) is 5.92 Å². The van der Waals surface area contributed by atoms with Crippen molar-refractivity contribution in [3.05, 3.63) is 42.6 Å². The van der Waals surface area contributed by atoms with E-state index in [0.29, 0.717) is 5.69 Å². The number of nitrogens with zero attached hydrogens (tertiary/aromatic N) is 4. The second-order valence-corrected chi connectivity index (χ2v) is 8.30. The van der Waals surface area contributed by atoms with Gasteiger partial charge in [-0.3, -0.25) is 19.4 Å². The third-order valence-corrected chi connectivity index (χ3v) is 5.56. The molecule has 0 bridgehead atoms. The highest BCUT2D eigenvalue weighted by Crippen LogP contribution is 2.36. The van der Waals surface area contributed by atoms with Gasteiger partial charge in [0.15, 0.2) is 12.2 Å². The molecule has 0 fully saturated rings. The summed E-state index contributed by atoms with van der Waals surface area (Å²) >= 11 is 0. The van der Waals surface area contributed by atoms with E-state index < -0.39 is 60.8 Å². The van der Waals surface area contributed by atoms with E-state index in [1.807, 2.05) is 6.07 Å². The van der Waals surface area contributed by atoms with Crippen molar-refractivity contribution in [3.63, 3.8) is 0 Å². The van der Waals surface area contributed by atoms with Crippen molar-refractivity contribution in [2.75, 3.05) is 13.7 Å². The lowest BCUT2D eigenvalue weighted by molar-refractivity contribution is -0.190. The quantitative estimate of drug-likeness (QED) is 0.349. The predicted octanol–water partition coefficient (Wildman–Crippen LogP) is 1.40. The lowest BCUT2D eigenvalue weighted by Gasteiger charge is -2.40. The normalized spacial score (nSPS) is 20.5. The van der Waals surface area contributed by atoms with E-state index in [9.17, 15) is 19.2 Å². The van der Waals surface area contributed by atoms with Crippen molar-refractivity contribution >= 4 is 23.9 Å². The van der Waals surface area contributed by atoms with Crippen LogP contribution in [0.2, 0.25) is 0 Å². The number of rotatable bonds is 9. The second-order valence-electron chi connectivity index (χ2n) is 8.30. The summed E-state index contributed by atoms with van der Waals surface area (Å²) in [6, 6.07) is 2.97. The van der Waals surface area contributed by atoms with Crippen LogP contribution in [-0.4, -0.2) is 75.9 Å². The molecule has 13 nitrogen and oxygen atoms in total. The third kappa shape index (κ3) is 6.90. The average molecular weight is 517 g/mol. The molecule has 0 spiro atoms. The zero-order chi connectivity index (χ0) is 27.1. The Hall–Kier alpha value is -4.29. The summed E-state index contributed by atoms with van der Waals surface area (Å²) in [5.41, 5.74) is 1.27. The van der Waals surface area contributed by atoms with Crippen molar-refractivity contribution in [2.24, 2.45) is 5.92 Å². The summed E-state index contributed by atoms with van der Waals surface area (Å²) < 4.78 is 28.2. The molecule has 3 heterocycles. The molecule has 37 heavy (non-hydrogen) atoms. The van der Waals surface area contributed by atoms with Crippen molar-refractivity contribution in [2.45, 2.75) is 52.0 Å². The number of pyridine rings is 1. The Kier molecular flexibility index (Phi) is 8.93. The van der Waals surface area contributed by atoms with E-state index in [1.165, 1.54) is 31.7 Å². The van der Waals surface area contributed by atoms with E-state index in [-0.39, 0.29) is 5.76 Å². The van der Waals surface area contributed by atoms with Gasteiger partial charge in [-0.15, -0.1) is 5.10 Å². The van der Waals surface area contributed by atoms with Gasteiger partial charge in [-0.2, -0.15) is 0 Å². The van der Waals surface area contributed by atoms with E-state index in [4.69, 9.17) is 23.7 Å². The molecule has 0 saturated heterocycles. The molecule has 5 atom stereocenters. The van der Waals surface area contributed by atoms with E-state index in [0.717, 1.165) is 12.5 Å². The molecule has 0 radical (unpaired) electrons. The number of aromatic nitrogens is 4. The van der Waals surface area contributed by atoms with Crippen LogP contribution in [0.4, 0.5) is 0 Å². The van der Waals surface area contributed by atoms with Gasteiger partial charge in [0, 0.05) is 44.6 Å². The molecule has 0 unspecified atom stereocenters. The number of methoxy groups -OCH3 is 1. The Labute approximate surface area is 212 Å². The molecule has 1 aliphatic heterocycles. The summed E-state index contributed by atoms with van der Waals surface area (Å²) in [5, 5.41) is 8.42. The molecule has 0 amide bonds. The number of carbonyl (C=O) groups is 4. The van der Waals surface area contributed by atoms with Crippen molar-refractivity contribution in [1.82, 2.24) is 20.0 Å². The maximum atomic E-state index is 12.5. The first-order valence-electron chi connectivity index (χ1n) is 11.4. The van der Waals surface area contributed by atoms with Gasteiger partial charge < -0.3 is 23.7 Å². The zero-order valence-electron chi connectivity index (χ0n) is 21.0. The minimum absolute atomic E-state index is 0.166. The number of hydrogen-bond acceptors (Lipinski definition) is 12. The summed E-state index contributed by atoms with van der Waals surface area (Å²) in [6.07, 6.45) is 2.94. The second kappa shape index (κ2) is 12.1. The monoisotopic (exact) mass is 516 g/mol. The Morgan fingerprint density at radius 1 is 1.11 bits per heavy atom. The van der Waals surface area contributed by atoms with Crippen molar-refractivity contribution in [1.29, 1.82) is 0 Å². The molecule has 0 aromatic carbocycles. The van der Waals surface area contributed by atoms with Gasteiger partial charge in [-0.25, -0.2) is 9.48 Å². The first-order chi connectivity index (χ1) is 17.6. The Balaban J connectivity index is 2.03. The van der Waals surface area contributed by atoms with Crippen LogP contribution in [0.25, 0.3) is 11.3 Å². The van der Waals surface area contributed by atoms with Gasteiger partial charge in [0.1, 0.15) is 18.4 Å². The Bertz CT molecular complexity index is 1160. The molecule has 2 aromatic rings. The minimum atomic E-state index is -1.26. The van der Waals surface area contributed by atoms with Crippen LogP contribution in [-0.2, 0) is 42.9 Å². The Morgan fingerprint density at radius 3 is 2.43 bits per heavy atom. The highest BCUT2D eigenvalue weighted by Gasteiger charge is 2.46. The third-order valence-electron chi connectivity index (χ3n) is 5.56. The molecule has 198 valence electrons. The number of esters is 4. The maximum absolute atomic E-state index is 12.5. The van der Waals surface area contributed by atoms with Gasteiger partial charge in [-0.05, 0) is 18.2 Å². The Morgan fingerprint density at radius 2 is 1.84 bits per heavy atom. The standard InChI is InChI=1S/C24H28N4O9/c1-13-19(28-11-18(26-27-28)17-7-6-8-25-10-17)9-20(24(32)33-5)37-22(13)23(36-16(4)31)21(35-15(3)30)12-34-14(2)29/h6-11,13,19,21-23H,12H2,1-5H3/t13-,19+,21-,22-,23-/m1/s1. The van der Waals surface area contributed by atoms with Crippen LogP contribution in [0.1, 0.15) is 33.7 Å². The summed E-state index contributed by atoms with van der Waals surface area (Å²) in [4.78, 5) is 51.9. The number of ether oxygens (including phenoxy) is 5. The number of carbonyl (C=O) groups excluding carboxylic acids is 4. The molecule has 3 rings (SSSR count). The molecular formula is C24H28N4O9. The van der Waals surface area contributed by atoms with Gasteiger partial charge in [0.25, 0.3) is 0 Å². The summed E-state index contributed by atoms with van der Waals surface area (Å²) in [5.74, 6) is -3.49. The molecule has 0 N–H and O–H groups in total. The largest absolute Gasteiger partial charge is 0.479 e. The van der Waals surface area contributed by atoms with Crippen LogP contribution in [0.3, 0.4) is 0 Å². The molecule has 13 heteroatoms. The fraction of sp³-hybridized carbons (Fsp3) is 0.458. The highest BCUT2D eigenvalue weighted by molar-refractivity contribution is 5.86. The number of allylic oxidation sites excluding steroid dienone is 1. The van der Waals surface area contributed by atoms with E-state index >= 15 is 0 Å². The highest BCUT2D eigenvalue weighted by atomic mass is 16.6. The van der Waals surface area contributed by atoms with Gasteiger partial charge >= 0.3 is 23.9 Å². The first-order valence-corrected chi connectivity index (χ1v) is 11.4. The molecule has 1 aliphatic rings. The van der Waals surface area contributed by atoms with Crippen LogP contribution in [0.15, 0.2) is 42.6 Å². The molecule has 0 aliphatic carbocycles. The van der Waals surface area contributed by atoms with E-state index in [2.05, 4.69) is 15.3 Å².